The molecular weight excluding hydrogens is 209 g/mol. The van der Waals surface area contributed by atoms with Gasteiger partial charge in [0, 0.05) is 12.6 Å². The Hall–Kier alpha value is -0.840. The summed E-state index contributed by atoms with van der Waals surface area (Å²) in [4.78, 5) is 15.6. The summed E-state index contributed by atoms with van der Waals surface area (Å²) in [6.07, 6.45) is 1.65. The lowest BCUT2D eigenvalue weighted by Gasteiger charge is -2.30. The molecule has 0 bridgehead atoms. The van der Waals surface area contributed by atoms with Gasteiger partial charge in [-0.15, -0.1) is 0 Å². The lowest BCUT2D eigenvalue weighted by molar-refractivity contribution is 0.186. The summed E-state index contributed by atoms with van der Waals surface area (Å²) in [6.45, 7) is 2.87. The first-order valence-electron chi connectivity index (χ1n) is 6.03. The molecular formula is C11H20FN3O. The number of halogens is 1. The van der Waals surface area contributed by atoms with Gasteiger partial charge in [-0.25, -0.2) is 9.18 Å². The fraction of sp³-hybridized carbons (Fsp3) is 0.909. The molecule has 2 aliphatic rings. The van der Waals surface area contributed by atoms with E-state index in [0.29, 0.717) is 13.0 Å². The smallest absolute Gasteiger partial charge is 0.317 e. The summed E-state index contributed by atoms with van der Waals surface area (Å²) in [5.41, 5.74) is 0. The van der Waals surface area contributed by atoms with Gasteiger partial charge in [0.15, 0.2) is 0 Å². The molecule has 0 aliphatic carbocycles. The van der Waals surface area contributed by atoms with Crippen molar-refractivity contribution in [1.82, 2.24) is 15.1 Å². The van der Waals surface area contributed by atoms with Crippen LogP contribution in [0.2, 0.25) is 0 Å². The van der Waals surface area contributed by atoms with Gasteiger partial charge in [-0.05, 0) is 39.4 Å². The Balaban J connectivity index is 1.75. The molecule has 2 saturated heterocycles. The average molecular weight is 229 g/mol. The molecule has 2 amide bonds. The van der Waals surface area contributed by atoms with E-state index in [1.165, 1.54) is 0 Å². The summed E-state index contributed by atoms with van der Waals surface area (Å²) in [5.74, 6) is 0. The predicted octanol–water partition coefficient (Wildman–Crippen LogP) is 0.834. The van der Waals surface area contributed by atoms with Crippen molar-refractivity contribution in [2.45, 2.75) is 31.5 Å². The van der Waals surface area contributed by atoms with Gasteiger partial charge >= 0.3 is 6.03 Å². The average Bonchev–Trinajstić information content (AvgIpc) is 2.68. The van der Waals surface area contributed by atoms with E-state index in [9.17, 15) is 9.18 Å². The number of amides is 2. The topological polar surface area (TPSA) is 35.6 Å². The lowest BCUT2D eigenvalue weighted by Crippen LogP contribution is -2.48. The van der Waals surface area contributed by atoms with E-state index in [1.54, 1.807) is 4.90 Å². The van der Waals surface area contributed by atoms with E-state index < -0.39 is 6.17 Å². The second kappa shape index (κ2) is 4.99. The van der Waals surface area contributed by atoms with E-state index in [2.05, 4.69) is 17.3 Å². The van der Waals surface area contributed by atoms with Crippen LogP contribution in [0.4, 0.5) is 9.18 Å². The number of hydrogen-bond acceptors (Lipinski definition) is 2. The van der Waals surface area contributed by atoms with Gasteiger partial charge in [-0.1, -0.05) is 0 Å². The minimum Gasteiger partial charge on any atom is -0.335 e. The first-order valence-corrected chi connectivity index (χ1v) is 6.03. The molecule has 2 fully saturated rings. The lowest BCUT2D eigenvalue weighted by atomic mass is 10.1. The Bertz CT molecular complexity index is 254. The third-order valence-electron chi connectivity index (χ3n) is 3.46. The minimum atomic E-state index is -0.830. The number of alkyl halides is 1. The van der Waals surface area contributed by atoms with Crippen LogP contribution in [0.5, 0.6) is 0 Å². The number of nitrogens with zero attached hydrogens (tertiary/aromatic N) is 2. The number of piperidine rings is 1. The quantitative estimate of drug-likeness (QED) is 0.723. The zero-order valence-corrected chi connectivity index (χ0v) is 9.79. The molecule has 1 N–H and O–H groups in total. The molecule has 1 unspecified atom stereocenters. The highest BCUT2D eigenvalue weighted by Crippen LogP contribution is 2.14. The fourth-order valence-electron chi connectivity index (χ4n) is 2.32. The second-order valence-corrected chi connectivity index (χ2v) is 4.86. The molecule has 2 rings (SSSR count). The summed E-state index contributed by atoms with van der Waals surface area (Å²) in [7, 11) is 2.09. The van der Waals surface area contributed by atoms with Crippen LogP contribution in [-0.2, 0) is 0 Å². The van der Waals surface area contributed by atoms with Crippen molar-refractivity contribution in [3.63, 3.8) is 0 Å². The maximum absolute atomic E-state index is 12.9. The highest BCUT2D eigenvalue weighted by Gasteiger charge is 2.27. The summed E-state index contributed by atoms with van der Waals surface area (Å²) < 4.78 is 12.9. The van der Waals surface area contributed by atoms with Crippen LogP contribution in [0, 0.1) is 0 Å². The predicted molar refractivity (Wildman–Crippen MR) is 60.1 cm³/mol. The van der Waals surface area contributed by atoms with Crippen molar-refractivity contribution < 1.29 is 9.18 Å². The van der Waals surface area contributed by atoms with Crippen LogP contribution < -0.4 is 5.32 Å². The Morgan fingerprint density at radius 1 is 1.25 bits per heavy atom. The first kappa shape index (κ1) is 11.6. The molecule has 0 aromatic rings. The maximum Gasteiger partial charge on any atom is 0.317 e. The molecule has 92 valence electrons. The molecule has 4 nitrogen and oxygen atoms in total. The van der Waals surface area contributed by atoms with Gasteiger partial charge in [-0.2, -0.15) is 0 Å². The van der Waals surface area contributed by atoms with E-state index >= 15 is 0 Å². The number of nitrogens with one attached hydrogen (secondary N) is 1. The Morgan fingerprint density at radius 3 is 2.50 bits per heavy atom. The molecule has 0 spiro atoms. The molecule has 2 heterocycles. The monoisotopic (exact) mass is 229 g/mol. The van der Waals surface area contributed by atoms with Crippen molar-refractivity contribution in [2.75, 3.05) is 33.2 Å². The van der Waals surface area contributed by atoms with Crippen LogP contribution in [0.15, 0.2) is 0 Å². The second-order valence-electron chi connectivity index (χ2n) is 4.86. The summed E-state index contributed by atoms with van der Waals surface area (Å²) >= 11 is 0. The van der Waals surface area contributed by atoms with Gasteiger partial charge in [0.2, 0.25) is 0 Å². The molecule has 0 radical (unpaired) electrons. The molecule has 0 saturated carbocycles. The number of hydrogen-bond donors (Lipinski definition) is 1. The van der Waals surface area contributed by atoms with Crippen LogP contribution in [-0.4, -0.2) is 61.3 Å². The highest BCUT2D eigenvalue weighted by molar-refractivity contribution is 5.74. The molecule has 0 aromatic carbocycles. The highest BCUT2D eigenvalue weighted by atomic mass is 19.1. The summed E-state index contributed by atoms with van der Waals surface area (Å²) in [6, 6.07) is 0.178. The van der Waals surface area contributed by atoms with E-state index in [1.807, 2.05) is 0 Å². The van der Waals surface area contributed by atoms with E-state index in [4.69, 9.17) is 0 Å². The molecule has 16 heavy (non-hydrogen) atoms. The van der Waals surface area contributed by atoms with Crippen molar-refractivity contribution in [2.24, 2.45) is 0 Å². The van der Waals surface area contributed by atoms with Crippen molar-refractivity contribution >= 4 is 6.03 Å². The van der Waals surface area contributed by atoms with Crippen LogP contribution >= 0.6 is 0 Å². The molecule has 0 aromatic heterocycles. The van der Waals surface area contributed by atoms with Crippen molar-refractivity contribution in [3.05, 3.63) is 0 Å². The molecule has 2 aliphatic heterocycles. The molecule has 5 heteroatoms. The zero-order valence-electron chi connectivity index (χ0n) is 9.79. The van der Waals surface area contributed by atoms with Crippen LogP contribution in [0.25, 0.3) is 0 Å². The zero-order chi connectivity index (χ0) is 11.5. The van der Waals surface area contributed by atoms with Crippen molar-refractivity contribution in [3.8, 4) is 0 Å². The van der Waals surface area contributed by atoms with Crippen molar-refractivity contribution in [1.29, 1.82) is 0 Å². The number of carbonyl (C=O) groups is 1. The Kier molecular flexibility index (Phi) is 3.63. The Morgan fingerprint density at radius 2 is 1.94 bits per heavy atom. The first-order chi connectivity index (χ1) is 7.65. The van der Waals surface area contributed by atoms with E-state index in [0.717, 1.165) is 25.9 Å². The maximum atomic E-state index is 12.9. The summed E-state index contributed by atoms with van der Waals surface area (Å²) in [5, 5.41) is 3.00. The number of urea groups is 1. The van der Waals surface area contributed by atoms with E-state index in [-0.39, 0.29) is 18.6 Å². The van der Waals surface area contributed by atoms with Gasteiger partial charge in [0.05, 0.1) is 6.54 Å². The van der Waals surface area contributed by atoms with Crippen LogP contribution in [0.3, 0.4) is 0 Å². The third-order valence-corrected chi connectivity index (χ3v) is 3.46. The number of carbonyl (C=O) groups excluding carboxylic acids is 1. The SMILES string of the molecule is CN1CCC(NC(=O)N2CCC(F)C2)CC1. The largest absolute Gasteiger partial charge is 0.335 e. The normalized spacial score (nSPS) is 28.4. The minimum absolute atomic E-state index is 0.0882. The Labute approximate surface area is 95.8 Å². The fourth-order valence-corrected chi connectivity index (χ4v) is 2.32. The molecule has 1 atom stereocenters. The van der Waals surface area contributed by atoms with Gasteiger partial charge < -0.3 is 15.1 Å². The number of rotatable bonds is 1. The van der Waals surface area contributed by atoms with Gasteiger partial charge in [0.1, 0.15) is 6.17 Å². The standard InChI is InChI=1S/C11H20FN3O/c1-14-5-3-10(4-6-14)13-11(16)15-7-2-9(12)8-15/h9-10H,2-8H2,1H3,(H,13,16). The number of likely N-dealkylation sites (tertiary alicyclic amines) is 2. The van der Waals surface area contributed by atoms with Gasteiger partial charge in [-0.3, -0.25) is 0 Å². The van der Waals surface area contributed by atoms with Crippen LogP contribution in [0.1, 0.15) is 19.3 Å². The van der Waals surface area contributed by atoms with Gasteiger partial charge in [0.25, 0.3) is 0 Å². The third kappa shape index (κ3) is 2.84.